The van der Waals surface area contributed by atoms with Crippen LogP contribution in [-0.4, -0.2) is 68.2 Å². The molecule has 6 rings (SSSR count). The number of anilines is 2. The molecular formula is C32H35F3N8O. The van der Waals surface area contributed by atoms with Gasteiger partial charge in [-0.15, -0.1) is 0 Å². The van der Waals surface area contributed by atoms with Crippen molar-refractivity contribution in [2.24, 2.45) is 7.05 Å². The molecule has 1 aliphatic heterocycles. The third-order valence-electron chi connectivity index (χ3n) is 7.70. The highest BCUT2D eigenvalue weighted by Crippen LogP contribution is 2.35. The van der Waals surface area contributed by atoms with Gasteiger partial charge in [0.1, 0.15) is 5.65 Å². The number of aromatic nitrogens is 4. The highest BCUT2D eigenvalue weighted by molar-refractivity contribution is 5.99. The van der Waals surface area contributed by atoms with Crippen molar-refractivity contribution in [3.63, 3.8) is 0 Å². The average molecular weight is 605 g/mol. The van der Waals surface area contributed by atoms with E-state index in [-0.39, 0.29) is 31.0 Å². The topological polar surface area (TPSA) is 82.7 Å². The van der Waals surface area contributed by atoms with Crippen LogP contribution in [0.5, 0.6) is 0 Å². The Hall–Kier alpha value is -4.68. The van der Waals surface area contributed by atoms with Crippen molar-refractivity contribution in [3.05, 3.63) is 90.4 Å². The molecule has 0 saturated carbocycles. The maximum Gasteiger partial charge on any atom is 0.416 e. The Labute approximate surface area is 253 Å². The number of carbonyl (C=O) groups is 1. The van der Waals surface area contributed by atoms with E-state index in [4.69, 9.17) is 0 Å². The minimum Gasteiger partial charge on any atom is -0.308 e. The number of hydrogen-bond acceptors (Lipinski definition) is 5. The number of amides is 2. The molecule has 2 N–H and O–H groups in total. The molecule has 0 aliphatic carbocycles. The van der Waals surface area contributed by atoms with Crippen molar-refractivity contribution < 1.29 is 18.0 Å². The summed E-state index contributed by atoms with van der Waals surface area (Å²) in [5.74, 6) is 0.268. The number of nitrogens with one attached hydrogen (secondary N) is 2. The first-order valence-corrected chi connectivity index (χ1v) is 13.9. The summed E-state index contributed by atoms with van der Waals surface area (Å²) in [7, 11) is 3.75. The van der Waals surface area contributed by atoms with E-state index in [1.165, 1.54) is 12.1 Å². The highest BCUT2D eigenvalue weighted by Gasteiger charge is 2.34. The van der Waals surface area contributed by atoms with Crippen LogP contribution in [0.3, 0.4) is 0 Å². The van der Waals surface area contributed by atoms with Gasteiger partial charge in [0.2, 0.25) is 0 Å². The van der Waals surface area contributed by atoms with Crippen molar-refractivity contribution >= 4 is 23.2 Å². The number of halogens is 3. The Morgan fingerprint density at radius 3 is 2.36 bits per heavy atom. The standard InChI is InChI=1S/C31H31F3N8O.CH4/c1-39-14-16-41(17-15-39)20-23-9-10-24(18-26(23)31(32,33)34)36-30(43)37-28-19-27(40(2)38-28)22-7-5-21(6-8-22)25-4-3-12-42-13-11-35-29(25)42;/h3-13,18-19H,14-17,20H2,1-2H3,(H2,36,37,38,43);1H4. The minimum absolute atomic E-state index is 0. The molecule has 0 radical (unpaired) electrons. The van der Waals surface area contributed by atoms with E-state index in [2.05, 4.69) is 25.6 Å². The fourth-order valence-corrected chi connectivity index (χ4v) is 5.37. The van der Waals surface area contributed by atoms with Crippen LogP contribution < -0.4 is 10.6 Å². The lowest BCUT2D eigenvalue weighted by molar-refractivity contribution is -0.138. The summed E-state index contributed by atoms with van der Waals surface area (Å²) in [5.41, 5.74) is 3.99. The molecule has 0 spiro atoms. The average Bonchev–Trinajstić information content (AvgIpc) is 3.61. The molecule has 1 saturated heterocycles. The number of rotatable bonds is 6. The van der Waals surface area contributed by atoms with Gasteiger partial charge in [0, 0.05) is 75.7 Å². The van der Waals surface area contributed by atoms with Gasteiger partial charge in [0.05, 0.1) is 11.3 Å². The second kappa shape index (κ2) is 12.5. The number of imidazole rings is 1. The van der Waals surface area contributed by atoms with Gasteiger partial charge in [-0.3, -0.25) is 14.9 Å². The quantitative estimate of drug-likeness (QED) is 0.233. The number of carbonyl (C=O) groups excluding carboxylic acids is 1. The van der Waals surface area contributed by atoms with Crippen LogP contribution in [0.2, 0.25) is 0 Å². The Kier molecular flexibility index (Phi) is 8.75. The first-order chi connectivity index (χ1) is 20.6. The van der Waals surface area contributed by atoms with E-state index in [0.29, 0.717) is 13.1 Å². The number of hydrogen-bond donors (Lipinski definition) is 2. The lowest BCUT2D eigenvalue weighted by Gasteiger charge is -2.33. The lowest BCUT2D eigenvalue weighted by atomic mass is 10.0. The maximum atomic E-state index is 13.9. The molecule has 0 unspecified atom stereocenters. The predicted molar refractivity (Wildman–Crippen MR) is 166 cm³/mol. The Morgan fingerprint density at radius 2 is 1.64 bits per heavy atom. The van der Waals surface area contributed by atoms with Gasteiger partial charge in [-0.1, -0.05) is 37.8 Å². The van der Waals surface area contributed by atoms with Crippen molar-refractivity contribution in [3.8, 4) is 22.4 Å². The van der Waals surface area contributed by atoms with Gasteiger partial charge in [0.15, 0.2) is 5.82 Å². The van der Waals surface area contributed by atoms with Crippen molar-refractivity contribution in [1.82, 2.24) is 29.0 Å². The van der Waals surface area contributed by atoms with Gasteiger partial charge >= 0.3 is 12.2 Å². The van der Waals surface area contributed by atoms with Crippen LogP contribution >= 0.6 is 0 Å². The van der Waals surface area contributed by atoms with Gasteiger partial charge in [-0.05, 0) is 48.0 Å². The fourth-order valence-electron chi connectivity index (χ4n) is 5.37. The van der Waals surface area contributed by atoms with Crippen molar-refractivity contribution in [2.45, 2.75) is 20.1 Å². The summed E-state index contributed by atoms with van der Waals surface area (Å²) in [5, 5.41) is 9.52. The first kappa shape index (κ1) is 30.8. The molecule has 9 nitrogen and oxygen atoms in total. The Morgan fingerprint density at radius 1 is 0.909 bits per heavy atom. The van der Waals surface area contributed by atoms with Crippen LogP contribution in [-0.2, 0) is 19.8 Å². The molecule has 2 amide bonds. The van der Waals surface area contributed by atoms with Crippen LogP contribution in [0.15, 0.2) is 79.3 Å². The number of benzene rings is 2. The molecule has 44 heavy (non-hydrogen) atoms. The third kappa shape index (κ3) is 6.61. The van der Waals surface area contributed by atoms with E-state index < -0.39 is 17.8 Å². The van der Waals surface area contributed by atoms with Crippen LogP contribution in [0.4, 0.5) is 29.5 Å². The second-order valence-electron chi connectivity index (χ2n) is 10.7. The van der Waals surface area contributed by atoms with Crippen LogP contribution in [0, 0.1) is 0 Å². The normalized spacial score (nSPS) is 14.4. The lowest BCUT2D eigenvalue weighted by Crippen LogP contribution is -2.44. The van der Waals surface area contributed by atoms with E-state index in [1.54, 1.807) is 24.0 Å². The van der Waals surface area contributed by atoms with E-state index in [1.807, 2.05) is 65.1 Å². The zero-order chi connectivity index (χ0) is 30.1. The van der Waals surface area contributed by atoms with Gasteiger partial charge in [-0.25, -0.2) is 9.78 Å². The predicted octanol–water partition coefficient (Wildman–Crippen LogP) is 6.45. The molecule has 3 aromatic heterocycles. The maximum absolute atomic E-state index is 13.9. The zero-order valence-corrected chi connectivity index (χ0v) is 23.8. The van der Waals surface area contributed by atoms with Gasteiger partial charge in [-0.2, -0.15) is 18.3 Å². The van der Waals surface area contributed by atoms with Gasteiger partial charge in [0.25, 0.3) is 0 Å². The van der Waals surface area contributed by atoms with E-state index in [0.717, 1.165) is 47.2 Å². The molecule has 1 aliphatic rings. The number of piperazine rings is 1. The largest absolute Gasteiger partial charge is 0.416 e. The van der Waals surface area contributed by atoms with Crippen LogP contribution in [0.25, 0.3) is 28.0 Å². The number of nitrogens with zero attached hydrogens (tertiary/aromatic N) is 6. The molecule has 5 aromatic rings. The van der Waals surface area contributed by atoms with Crippen molar-refractivity contribution in [2.75, 3.05) is 43.9 Å². The summed E-state index contributed by atoms with van der Waals surface area (Å²) in [4.78, 5) is 21.3. The number of fused-ring (bicyclic) bond motifs is 1. The minimum atomic E-state index is -4.55. The number of aryl methyl sites for hydroxylation is 1. The molecule has 230 valence electrons. The summed E-state index contributed by atoms with van der Waals surface area (Å²) in [6.45, 7) is 3.23. The number of alkyl halides is 3. The number of pyridine rings is 1. The summed E-state index contributed by atoms with van der Waals surface area (Å²) in [6.07, 6.45) is 1.05. The van der Waals surface area contributed by atoms with Crippen LogP contribution in [0.1, 0.15) is 18.6 Å². The summed E-state index contributed by atoms with van der Waals surface area (Å²) < 4.78 is 45.4. The van der Waals surface area contributed by atoms with Crippen molar-refractivity contribution in [1.29, 1.82) is 0 Å². The molecule has 0 bridgehead atoms. The summed E-state index contributed by atoms with van der Waals surface area (Å²) >= 11 is 0. The molecule has 1 fully saturated rings. The monoisotopic (exact) mass is 604 g/mol. The second-order valence-corrected chi connectivity index (χ2v) is 10.7. The number of urea groups is 1. The fraction of sp³-hybridized carbons (Fsp3) is 0.281. The zero-order valence-electron chi connectivity index (χ0n) is 23.8. The summed E-state index contributed by atoms with van der Waals surface area (Å²) in [6, 6.07) is 16.8. The molecule has 0 atom stereocenters. The molecular weight excluding hydrogens is 569 g/mol. The van der Waals surface area contributed by atoms with Gasteiger partial charge < -0.3 is 14.6 Å². The third-order valence-corrected chi connectivity index (χ3v) is 7.70. The molecule has 4 heterocycles. The number of likely N-dealkylation sites (N-methyl/N-ethyl adjacent to an activating group) is 1. The smallest absolute Gasteiger partial charge is 0.308 e. The first-order valence-electron chi connectivity index (χ1n) is 13.9. The Bertz CT molecular complexity index is 1750. The molecule has 12 heteroatoms. The highest BCUT2D eigenvalue weighted by atomic mass is 19.4. The Balaban J connectivity index is 0.00000384. The van der Waals surface area contributed by atoms with E-state index in [9.17, 15) is 18.0 Å². The molecule has 2 aromatic carbocycles. The van der Waals surface area contributed by atoms with E-state index >= 15 is 0 Å². The SMILES string of the molecule is C.CN1CCN(Cc2ccc(NC(=O)Nc3cc(-c4ccc(-c5cccn6ccnc56)cc4)n(C)n3)cc2C(F)(F)F)CC1.